The standard InChI is InChI=1S/C16H19N3O2/c1-20-13-5-6-14(15(9-13)21-2)12-10-17-16(18-11-12)19-7-3-4-8-19/h5-6,9-11H,3-4,7-8H2,1-2H3. The van der Waals surface area contributed by atoms with Gasteiger partial charge < -0.3 is 14.4 Å². The van der Waals surface area contributed by atoms with E-state index in [2.05, 4.69) is 14.9 Å². The van der Waals surface area contributed by atoms with Crippen LogP contribution in [0.15, 0.2) is 30.6 Å². The van der Waals surface area contributed by atoms with E-state index in [0.717, 1.165) is 41.7 Å². The van der Waals surface area contributed by atoms with E-state index in [4.69, 9.17) is 9.47 Å². The van der Waals surface area contributed by atoms with E-state index >= 15 is 0 Å². The molecule has 5 nitrogen and oxygen atoms in total. The third kappa shape index (κ3) is 2.77. The van der Waals surface area contributed by atoms with E-state index in [9.17, 15) is 0 Å². The lowest BCUT2D eigenvalue weighted by atomic mass is 10.1. The van der Waals surface area contributed by atoms with Crippen molar-refractivity contribution in [3.05, 3.63) is 30.6 Å². The summed E-state index contributed by atoms with van der Waals surface area (Å²) < 4.78 is 10.6. The third-order valence-corrected chi connectivity index (χ3v) is 3.75. The van der Waals surface area contributed by atoms with Crippen molar-refractivity contribution >= 4 is 5.95 Å². The molecule has 1 aromatic heterocycles. The first kappa shape index (κ1) is 13.7. The Morgan fingerprint density at radius 2 is 1.71 bits per heavy atom. The first-order chi connectivity index (χ1) is 10.3. The zero-order valence-electron chi connectivity index (χ0n) is 12.4. The van der Waals surface area contributed by atoms with Crippen molar-refractivity contribution in [2.24, 2.45) is 0 Å². The molecule has 1 fully saturated rings. The number of aromatic nitrogens is 2. The molecule has 0 atom stereocenters. The summed E-state index contributed by atoms with van der Waals surface area (Å²) in [6, 6.07) is 5.74. The van der Waals surface area contributed by atoms with Crippen molar-refractivity contribution in [1.82, 2.24) is 9.97 Å². The molecule has 0 unspecified atom stereocenters. The van der Waals surface area contributed by atoms with Crippen molar-refractivity contribution in [2.45, 2.75) is 12.8 Å². The molecule has 0 bridgehead atoms. The Balaban J connectivity index is 1.89. The molecule has 0 amide bonds. The van der Waals surface area contributed by atoms with Gasteiger partial charge in [-0.2, -0.15) is 0 Å². The normalized spacial score (nSPS) is 14.3. The molecule has 1 aromatic carbocycles. The predicted molar refractivity (Wildman–Crippen MR) is 82.0 cm³/mol. The molecule has 1 aliphatic rings. The number of rotatable bonds is 4. The van der Waals surface area contributed by atoms with E-state index in [0.29, 0.717) is 0 Å². The molecule has 21 heavy (non-hydrogen) atoms. The highest BCUT2D eigenvalue weighted by molar-refractivity contribution is 5.70. The first-order valence-electron chi connectivity index (χ1n) is 7.11. The number of ether oxygens (including phenoxy) is 2. The largest absolute Gasteiger partial charge is 0.497 e. The van der Waals surface area contributed by atoms with Gasteiger partial charge in [-0.3, -0.25) is 0 Å². The van der Waals surface area contributed by atoms with Crippen LogP contribution in [0.3, 0.4) is 0 Å². The summed E-state index contributed by atoms with van der Waals surface area (Å²) in [6.45, 7) is 2.09. The van der Waals surface area contributed by atoms with Crippen LogP contribution in [0.5, 0.6) is 11.5 Å². The van der Waals surface area contributed by atoms with Crippen LogP contribution in [-0.2, 0) is 0 Å². The highest BCUT2D eigenvalue weighted by Gasteiger charge is 2.15. The second-order valence-electron chi connectivity index (χ2n) is 5.03. The van der Waals surface area contributed by atoms with Gasteiger partial charge >= 0.3 is 0 Å². The summed E-state index contributed by atoms with van der Waals surface area (Å²) in [6.07, 6.45) is 6.14. The van der Waals surface area contributed by atoms with Gasteiger partial charge in [0.2, 0.25) is 5.95 Å². The molecule has 3 rings (SSSR count). The molecule has 0 saturated carbocycles. The summed E-state index contributed by atoms with van der Waals surface area (Å²) in [4.78, 5) is 11.2. The average molecular weight is 285 g/mol. The van der Waals surface area contributed by atoms with Gasteiger partial charge in [0.25, 0.3) is 0 Å². The maximum atomic E-state index is 5.43. The highest BCUT2D eigenvalue weighted by atomic mass is 16.5. The van der Waals surface area contributed by atoms with Gasteiger partial charge in [-0.1, -0.05) is 0 Å². The van der Waals surface area contributed by atoms with Crippen molar-refractivity contribution in [1.29, 1.82) is 0 Å². The van der Waals surface area contributed by atoms with Crippen LogP contribution in [-0.4, -0.2) is 37.3 Å². The summed E-state index contributed by atoms with van der Waals surface area (Å²) in [5.74, 6) is 2.33. The quantitative estimate of drug-likeness (QED) is 0.864. The molecule has 0 radical (unpaired) electrons. The number of anilines is 1. The number of nitrogens with zero attached hydrogens (tertiary/aromatic N) is 3. The van der Waals surface area contributed by atoms with Crippen LogP contribution in [0.2, 0.25) is 0 Å². The first-order valence-corrected chi connectivity index (χ1v) is 7.11. The van der Waals surface area contributed by atoms with E-state index in [1.165, 1.54) is 12.8 Å². The summed E-state index contributed by atoms with van der Waals surface area (Å²) in [5.41, 5.74) is 1.91. The van der Waals surface area contributed by atoms with Crippen LogP contribution in [0.25, 0.3) is 11.1 Å². The molecular formula is C16H19N3O2. The maximum absolute atomic E-state index is 5.43. The topological polar surface area (TPSA) is 47.5 Å². The summed E-state index contributed by atoms with van der Waals surface area (Å²) >= 11 is 0. The lowest BCUT2D eigenvalue weighted by Gasteiger charge is -2.15. The van der Waals surface area contributed by atoms with Gasteiger partial charge in [0.15, 0.2) is 0 Å². The predicted octanol–water partition coefficient (Wildman–Crippen LogP) is 2.76. The van der Waals surface area contributed by atoms with Crippen LogP contribution < -0.4 is 14.4 Å². The molecule has 2 aromatic rings. The number of hydrogen-bond acceptors (Lipinski definition) is 5. The smallest absolute Gasteiger partial charge is 0.225 e. The van der Waals surface area contributed by atoms with Gasteiger partial charge in [-0.25, -0.2) is 9.97 Å². The molecule has 0 aliphatic carbocycles. The van der Waals surface area contributed by atoms with Crippen molar-refractivity contribution < 1.29 is 9.47 Å². The molecule has 0 spiro atoms. The Bertz CT molecular complexity index is 607. The molecule has 5 heteroatoms. The highest BCUT2D eigenvalue weighted by Crippen LogP contribution is 2.33. The van der Waals surface area contributed by atoms with Crippen molar-refractivity contribution in [3.63, 3.8) is 0 Å². The minimum Gasteiger partial charge on any atom is -0.497 e. The van der Waals surface area contributed by atoms with Gasteiger partial charge in [-0.05, 0) is 25.0 Å². The molecule has 0 N–H and O–H groups in total. The second-order valence-corrected chi connectivity index (χ2v) is 5.03. The van der Waals surface area contributed by atoms with E-state index in [1.807, 2.05) is 30.6 Å². The lowest BCUT2D eigenvalue weighted by molar-refractivity contribution is 0.395. The second kappa shape index (κ2) is 5.99. The Morgan fingerprint density at radius 3 is 2.33 bits per heavy atom. The fourth-order valence-corrected chi connectivity index (χ4v) is 2.58. The van der Waals surface area contributed by atoms with Gasteiger partial charge in [0.05, 0.1) is 14.2 Å². The van der Waals surface area contributed by atoms with Gasteiger partial charge in [-0.15, -0.1) is 0 Å². The van der Waals surface area contributed by atoms with E-state index < -0.39 is 0 Å². The van der Waals surface area contributed by atoms with Crippen molar-refractivity contribution in [3.8, 4) is 22.6 Å². The van der Waals surface area contributed by atoms with Crippen molar-refractivity contribution in [2.75, 3.05) is 32.2 Å². The lowest BCUT2D eigenvalue weighted by Crippen LogP contribution is -2.20. The van der Waals surface area contributed by atoms with E-state index in [1.54, 1.807) is 14.2 Å². The van der Waals surface area contributed by atoms with Crippen LogP contribution in [0, 0.1) is 0 Å². The molecule has 1 saturated heterocycles. The third-order valence-electron chi connectivity index (χ3n) is 3.75. The Kier molecular flexibility index (Phi) is 3.90. The monoisotopic (exact) mass is 285 g/mol. The Hall–Kier alpha value is -2.30. The van der Waals surface area contributed by atoms with Crippen LogP contribution in [0.4, 0.5) is 5.95 Å². The summed E-state index contributed by atoms with van der Waals surface area (Å²) in [7, 11) is 3.29. The zero-order valence-corrected chi connectivity index (χ0v) is 12.4. The molecule has 110 valence electrons. The van der Waals surface area contributed by atoms with Crippen LogP contribution in [0.1, 0.15) is 12.8 Å². The minimum absolute atomic E-state index is 0.756. The molecular weight excluding hydrogens is 266 g/mol. The SMILES string of the molecule is COc1ccc(-c2cnc(N3CCCC3)nc2)c(OC)c1. The Labute approximate surface area is 124 Å². The molecule has 1 aliphatic heterocycles. The number of benzene rings is 1. The maximum Gasteiger partial charge on any atom is 0.225 e. The van der Waals surface area contributed by atoms with Crippen LogP contribution >= 0.6 is 0 Å². The summed E-state index contributed by atoms with van der Waals surface area (Å²) in [5, 5.41) is 0. The fourth-order valence-electron chi connectivity index (χ4n) is 2.58. The van der Waals surface area contributed by atoms with Gasteiger partial charge in [0.1, 0.15) is 11.5 Å². The van der Waals surface area contributed by atoms with Gasteiger partial charge in [0, 0.05) is 42.7 Å². The molecule has 2 heterocycles. The fraction of sp³-hybridized carbons (Fsp3) is 0.375. The Morgan fingerprint density at radius 1 is 1.00 bits per heavy atom. The number of hydrogen-bond donors (Lipinski definition) is 0. The minimum atomic E-state index is 0.756. The number of methoxy groups -OCH3 is 2. The average Bonchev–Trinajstić information content (AvgIpc) is 3.09. The van der Waals surface area contributed by atoms with E-state index in [-0.39, 0.29) is 0 Å². The zero-order chi connectivity index (χ0) is 14.7.